The van der Waals surface area contributed by atoms with Crippen LogP contribution in [0.5, 0.6) is 0 Å². The topological polar surface area (TPSA) is 88.4 Å². The van der Waals surface area contributed by atoms with Crippen molar-refractivity contribution in [2.45, 2.75) is 23.2 Å². The van der Waals surface area contributed by atoms with Gasteiger partial charge < -0.3 is 9.73 Å². The molecule has 2 heterocycles. The van der Waals surface area contributed by atoms with Crippen LogP contribution >= 0.6 is 11.3 Å². The number of carbonyl (C=O) groups excluding carboxylic acids is 1. The first-order chi connectivity index (χ1) is 12.5. The van der Waals surface area contributed by atoms with E-state index in [-0.39, 0.29) is 17.2 Å². The fourth-order valence-electron chi connectivity index (χ4n) is 2.41. The van der Waals surface area contributed by atoms with E-state index in [1.54, 1.807) is 23.6 Å². The Bertz CT molecular complexity index is 921. The minimum absolute atomic E-state index is 0.175. The summed E-state index contributed by atoms with van der Waals surface area (Å²) in [6.07, 6.45) is 1.76. The fraction of sp³-hybridized carbons (Fsp3) is 0.167. The highest BCUT2D eigenvalue weighted by Gasteiger charge is 2.26. The highest BCUT2D eigenvalue weighted by atomic mass is 32.2. The third kappa shape index (κ3) is 4.81. The van der Waals surface area contributed by atoms with Gasteiger partial charge in [0, 0.05) is 0 Å². The lowest BCUT2D eigenvalue weighted by Gasteiger charge is -2.18. The van der Waals surface area contributed by atoms with Gasteiger partial charge >= 0.3 is 0 Å². The van der Waals surface area contributed by atoms with Crippen LogP contribution in [0.3, 0.4) is 0 Å². The summed E-state index contributed by atoms with van der Waals surface area (Å²) in [7, 11) is -3.77. The van der Waals surface area contributed by atoms with Crippen LogP contribution in [-0.4, -0.2) is 20.4 Å². The number of benzene rings is 1. The van der Waals surface area contributed by atoms with E-state index in [0.29, 0.717) is 5.76 Å². The number of hydrogen-bond donors (Lipinski definition) is 2. The number of nitrogens with one attached hydrogen (secondary N) is 2. The lowest BCUT2D eigenvalue weighted by molar-refractivity contribution is -0.122. The van der Waals surface area contributed by atoms with E-state index in [2.05, 4.69) is 10.0 Å². The molecule has 0 aliphatic heterocycles. The molecule has 2 N–H and O–H groups in total. The predicted molar refractivity (Wildman–Crippen MR) is 99.1 cm³/mol. The molecule has 136 valence electrons. The van der Waals surface area contributed by atoms with Crippen molar-refractivity contribution >= 4 is 27.3 Å². The molecular weight excluding hydrogens is 372 g/mol. The molecule has 3 aromatic rings. The van der Waals surface area contributed by atoms with Crippen LogP contribution < -0.4 is 10.0 Å². The smallest absolute Gasteiger partial charge is 0.250 e. The molecule has 0 aliphatic carbocycles. The van der Waals surface area contributed by atoms with E-state index in [9.17, 15) is 13.2 Å². The summed E-state index contributed by atoms with van der Waals surface area (Å²) >= 11 is 1.10. The Morgan fingerprint density at radius 1 is 1.08 bits per heavy atom. The molecule has 1 amide bonds. The second-order valence-corrected chi connectivity index (χ2v) is 8.48. The fourth-order valence-corrected chi connectivity index (χ4v) is 4.61. The lowest BCUT2D eigenvalue weighted by Crippen LogP contribution is -2.47. The number of hydrogen-bond acceptors (Lipinski definition) is 5. The highest BCUT2D eigenvalue weighted by molar-refractivity contribution is 7.91. The maximum absolute atomic E-state index is 12.6. The minimum Gasteiger partial charge on any atom is -0.467 e. The van der Waals surface area contributed by atoms with Crippen LogP contribution in [0.15, 0.2) is 74.9 Å². The normalized spacial score (nSPS) is 12.6. The predicted octanol–water partition coefficient (Wildman–Crippen LogP) is 2.55. The molecule has 2 aromatic heterocycles. The van der Waals surface area contributed by atoms with Gasteiger partial charge in [0.2, 0.25) is 5.91 Å². The molecule has 26 heavy (non-hydrogen) atoms. The van der Waals surface area contributed by atoms with Gasteiger partial charge in [-0.1, -0.05) is 36.4 Å². The molecule has 0 unspecified atom stereocenters. The van der Waals surface area contributed by atoms with Gasteiger partial charge in [0.1, 0.15) is 16.0 Å². The Labute approximate surface area is 155 Å². The van der Waals surface area contributed by atoms with Crippen LogP contribution in [-0.2, 0) is 27.8 Å². The van der Waals surface area contributed by atoms with Gasteiger partial charge in [0.25, 0.3) is 10.0 Å². The maximum atomic E-state index is 12.6. The third-order valence-electron chi connectivity index (χ3n) is 3.67. The van der Waals surface area contributed by atoms with E-state index in [4.69, 9.17) is 4.42 Å². The standard InChI is InChI=1S/C18H18N2O4S2/c21-18(19-13-15-8-4-10-24-15)16(12-14-6-2-1-3-7-14)20-26(22,23)17-9-5-11-25-17/h1-11,16,20H,12-13H2,(H,19,21)/t16-/m0/s1. The van der Waals surface area contributed by atoms with Gasteiger partial charge in [-0.15, -0.1) is 11.3 Å². The summed E-state index contributed by atoms with van der Waals surface area (Å²) in [6, 6.07) is 15.0. The average molecular weight is 390 g/mol. The molecular formula is C18H18N2O4S2. The van der Waals surface area contributed by atoms with Crippen LogP contribution in [0.1, 0.15) is 11.3 Å². The van der Waals surface area contributed by atoms with E-state index in [0.717, 1.165) is 16.9 Å². The van der Waals surface area contributed by atoms with Gasteiger partial charge in [-0.25, -0.2) is 8.42 Å². The van der Waals surface area contributed by atoms with Gasteiger partial charge in [-0.2, -0.15) is 4.72 Å². The minimum atomic E-state index is -3.77. The lowest BCUT2D eigenvalue weighted by atomic mass is 10.1. The molecule has 0 saturated carbocycles. The molecule has 0 fully saturated rings. The van der Waals surface area contributed by atoms with E-state index < -0.39 is 22.0 Å². The van der Waals surface area contributed by atoms with Crippen molar-refractivity contribution in [3.8, 4) is 0 Å². The van der Waals surface area contributed by atoms with E-state index in [1.165, 1.54) is 12.3 Å². The van der Waals surface area contributed by atoms with Gasteiger partial charge in [0.15, 0.2) is 0 Å². The monoisotopic (exact) mass is 390 g/mol. The number of sulfonamides is 1. The van der Waals surface area contributed by atoms with Crippen molar-refractivity contribution in [2.75, 3.05) is 0 Å². The first kappa shape index (κ1) is 18.4. The van der Waals surface area contributed by atoms with Crippen molar-refractivity contribution in [1.82, 2.24) is 10.0 Å². The van der Waals surface area contributed by atoms with Crippen LogP contribution in [0.4, 0.5) is 0 Å². The van der Waals surface area contributed by atoms with Crippen LogP contribution in [0, 0.1) is 0 Å². The highest BCUT2D eigenvalue weighted by Crippen LogP contribution is 2.17. The molecule has 0 radical (unpaired) electrons. The Kier molecular flexibility index (Phi) is 5.87. The molecule has 1 atom stereocenters. The van der Waals surface area contributed by atoms with E-state index in [1.807, 2.05) is 30.3 Å². The molecule has 0 spiro atoms. The largest absolute Gasteiger partial charge is 0.467 e. The Balaban J connectivity index is 1.75. The molecule has 8 heteroatoms. The first-order valence-electron chi connectivity index (χ1n) is 7.94. The quantitative estimate of drug-likeness (QED) is 0.619. The number of carbonyl (C=O) groups is 1. The maximum Gasteiger partial charge on any atom is 0.250 e. The zero-order valence-electron chi connectivity index (χ0n) is 13.8. The summed E-state index contributed by atoms with van der Waals surface area (Å²) in [5.74, 6) is 0.184. The summed E-state index contributed by atoms with van der Waals surface area (Å²) in [5.41, 5.74) is 0.861. The Hall–Kier alpha value is -2.42. The summed E-state index contributed by atoms with van der Waals surface area (Å²) in [4.78, 5) is 12.6. The Morgan fingerprint density at radius 2 is 1.88 bits per heavy atom. The first-order valence-corrected chi connectivity index (χ1v) is 10.3. The molecule has 6 nitrogen and oxygen atoms in total. The van der Waals surface area contributed by atoms with Gasteiger partial charge in [-0.05, 0) is 35.6 Å². The number of thiophene rings is 1. The molecule has 1 aromatic carbocycles. The number of rotatable bonds is 8. The third-order valence-corrected chi connectivity index (χ3v) is 6.54. The molecule has 0 bridgehead atoms. The number of amides is 1. The van der Waals surface area contributed by atoms with Crippen LogP contribution in [0.2, 0.25) is 0 Å². The average Bonchev–Trinajstić information content (AvgIpc) is 3.33. The number of furan rings is 1. The zero-order valence-corrected chi connectivity index (χ0v) is 15.4. The van der Waals surface area contributed by atoms with Crippen molar-refractivity contribution in [1.29, 1.82) is 0 Å². The summed E-state index contributed by atoms with van der Waals surface area (Å²) < 4.78 is 32.9. The summed E-state index contributed by atoms with van der Waals surface area (Å²) in [5, 5.41) is 4.40. The van der Waals surface area contributed by atoms with Gasteiger partial charge in [0.05, 0.1) is 12.8 Å². The van der Waals surface area contributed by atoms with Crippen molar-refractivity contribution < 1.29 is 17.6 Å². The van der Waals surface area contributed by atoms with Crippen molar-refractivity contribution in [3.63, 3.8) is 0 Å². The Morgan fingerprint density at radius 3 is 2.54 bits per heavy atom. The second-order valence-electron chi connectivity index (χ2n) is 5.59. The zero-order chi connectivity index (χ0) is 18.4. The summed E-state index contributed by atoms with van der Waals surface area (Å²) in [6.45, 7) is 0.192. The van der Waals surface area contributed by atoms with Crippen LogP contribution in [0.25, 0.3) is 0 Å². The van der Waals surface area contributed by atoms with Crippen molar-refractivity contribution in [3.05, 3.63) is 77.6 Å². The SMILES string of the molecule is O=C(NCc1ccco1)[C@H](Cc1ccccc1)NS(=O)(=O)c1cccs1. The molecule has 0 saturated heterocycles. The second kappa shape index (κ2) is 8.31. The van der Waals surface area contributed by atoms with E-state index >= 15 is 0 Å². The molecule has 0 aliphatic rings. The molecule has 3 rings (SSSR count). The van der Waals surface area contributed by atoms with Gasteiger partial charge in [-0.3, -0.25) is 4.79 Å². The van der Waals surface area contributed by atoms with Crippen molar-refractivity contribution in [2.24, 2.45) is 0 Å².